The summed E-state index contributed by atoms with van der Waals surface area (Å²) in [7, 11) is 0. The largest absolute Gasteiger partial charge is 0.394 e. The van der Waals surface area contributed by atoms with E-state index in [0.29, 0.717) is 17.5 Å². The molecule has 0 unspecified atom stereocenters. The number of rotatable bonds is 9. The molecule has 3 aromatic heterocycles. The minimum absolute atomic E-state index is 0.00297. The fourth-order valence-electron chi connectivity index (χ4n) is 4.39. The highest BCUT2D eigenvalue weighted by Crippen LogP contribution is 2.30. The number of hydrogen-bond donors (Lipinski definition) is 6. The molecule has 0 spiro atoms. The lowest BCUT2D eigenvalue weighted by Crippen LogP contribution is -2.48. The average Bonchev–Trinajstić information content (AvgIpc) is 3.61. The minimum Gasteiger partial charge on any atom is -0.394 e. The van der Waals surface area contributed by atoms with Crippen molar-refractivity contribution in [1.82, 2.24) is 24.9 Å². The van der Waals surface area contributed by atoms with Crippen molar-refractivity contribution in [2.45, 2.75) is 62.7 Å². The number of amides is 2. The molecule has 0 aliphatic heterocycles. The van der Waals surface area contributed by atoms with Gasteiger partial charge in [-0.2, -0.15) is 0 Å². The molecular weight excluding hydrogens is 481 g/mol. The highest BCUT2D eigenvalue weighted by molar-refractivity contribution is 6.03. The molecule has 12 nitrogen and oxygen atoms in total. The van der Waals surface area contributed by atoms with Crippen LogP contribution in [0, 0.1) is 5.82 Å². The van der Waals surface area contributed by atoms with E-state index < -0.39 is 17.8 Å². The van der Waals surface area contributed by atoms with Crippen LogP contribution in [-0.4, -0.2) is 67.3 Å². The van der Waals surface area contributed by atoms with Crippen LogP contribution in [0.5, 0.6) is 0 Å². The quantitative estimate of drug-likeness (QED) is 0.247. The molecule has 2 aliphatic carbocycles. The van der Waals surface area contributed by atoms with Crippen molar-refractivity contribution in [3.05, 3.63) is 42.2 Å². The fraction of sp³-hybridized carbons (Fsp3) is 0.458. The van der Waals surface area contributed by atoms with E-state index in [1.54, 1.807) is 0 Å². The molecule has 196 valence electrons. The molecule has 0 saturated heterocycles. The Hall–Kier alpha value is -3.84. The molecule has 7 N–H and O–H groups in total. The number of carbonyl (C=O) groups is 2. The van der Waals surface area contributed by atoms with Crippen LogP contribution in [0.3, 0.4) is 0 Å². The van der Waals surface area contributed by atoms with Crippen molar-refractivity contribution in [3.63, 3.8) is 0 Å². The van der Waals surface area contributed by atoms with Crippen LogP contribution in [0.1, 0.15) is 49.0 Å². The number of carbonyl (C=O) groups excluding carboxylic acids is 2. The standard InChI is InChI=1S/C24H30FN9O3/c25-16-10-27-8-7-18(16)32-24(37)20-11-28-22-19(29-13-1-2-13)9-21(33-34(20)22)30-14-3-5-15(6-4-14)31-23(36)17(26)12-35/h7-11,13-15,17,29,35H,1-6,12,26H2,(H,30,33)(H,31,36)(H,27,32,37)/t14?,15?,17-/m0/s1. The normalized spacial score (nSPS) is 20.3. The summed E-state index contributed by atoms with van der Waals surface area (Å²) in [6, 6.07) is 2.82. The number of aliphatic hydroxyl groups excluding tert-OH is 1. The number of imidazole rings is 1. The lowest BCUT2D eigenvalue weighted by Gasteiger charge is -2.30. The topological polar surface area (TPSA) is 172 Å². The molecule has 3 heterocycles. The van der Waals surface area contributed by atoms with Crippen LogP contribution in [0.15, 0.2) is 30.7 Å². The van der Waals surface area contributed by atoms with E-state index in [2.05, 4.69) is 36.3 Å². The van der Waals surface area contributed by atoms with E-state index in [-0.39, 0.29) is 36.0 Å². The zero-order valence-corrected chi connectivity index (χ0v) is 20.2. The van der Waals surface area contributed by atoms with E-state index in [1.807, 2.05) is 6.07 Å². The van der Waals surface area contributed by atoms with Gasteiger partial charge < -0.3 is 32.1 Å². The maximum atomic E-state index is 14.0. The van der Waals surface area contributed by atoms with Crippen molar-refractivity contribution in [2.75, 3.05) is 22.6 Å². The molecular formula is C24H30FN9O3. The number of nitrogens with two attached hydrogens (primary N) is 1. The first-order chi connectivity index (χ1) is 17.9. The Morgan fingerprint density at radius 2 is 1.78 bits per heavy atom. The summed E-state index contributed by atoms with van der Waals surface area (Å²) < 4.78 is 15.5. The summed E-state index contributed by atoms with van der Waals surface area (Å²) in [6.45, 7) is -0.389. The molecule has 2 saturated carbocycles. The van der Waals surface area contributed by atoms with E-state index in [4.69, 9.17) is 10.8 Å². The van der Waals surface area contributed by atoms with Gasteiger partial charge in [0.1, 0.15) is 11.9 Å². The Balaban J connectivity index is 1.32. The summed E-state index contributed by atoms with van der Waals surface area (Å²) in [6.07, 6.45) is 9.07. The number of halogens is 1. The molecule has 0 radical (unpaired) electrons. The van der Waals surface area contributed by atoms with Crippen LogP contribution >= 0.6 is 0 Å². The number of anilines is 3. The van der Waals surface area contributed by atoms with Crippen molar-refractivity contribution < 1.29 is 19.1 Å². The van der Waals surface area contributed by atoms with Gasteiger partial charge in [-0.05, 0) is 44.6 Å². The van der Waals surface area contributed by atoms with Gasteiger partial charge in [0.2, 0.25) is 5.91 Å². The van der Waals surface area contributed by atoms with Crippen molar-refractivity contribution in [2.24, 2.45) is 5.73 Å². The molecule has 5 rings (SSSR count). The zero-order valence-electron chi connectivity index (χ0n) is 20.2. The van der Waals surface area contributed by atoms with Gasteiger partial charge in [-0.1, -0.05) is 0 Å². The summed E-state index contributed by atoms with van der Waals surface area (Å²) in [5.41, 5.74) is 7.04. The van der Waals surface area contributed by atoms with E-state index in [0.717, 1.165) is 50.4 Å². The smallest absolute Gasteiger partial charge is 0.276 e. The summed E-state index contributed by atoms with van der Waals surface area (Å²) in [5.74, 6) is -0.954. The second-order valence-electron chi connectivity index (χ2n) is 9.54. The maximum absolute atomic E-state index is 14.0. The highest BCUT2D eigenvalue weighted by Gasteiger charge is 2.27. The molecule has 2 aliphatic rings. The third-order valence-corrected chi connectivity index (χ3v) is 6.62. The third-order valence-electron chi connectivity index (χ3n) is 6.62. The number of nitrogens with one attached hydrogen (secondary N) is 4. The molecule has 0 bridgehead atoms. The monoisotopic (exact) mass is 511 g/mol. The first-order valence-corrected chi connectivity index (χ1v) is 12.4. The zero-order chi connectivity index (χ0) is 25.9. The molecule has 2 fully saturated rings. The van der Waals surface area contributed by atoms with E-state index in [9.17, 15) is 14.0 Å². The van der Waals surface area contributed by atoms with Gasteiger partial charge >= 0.3 is 0 Å². The molecule has 2 amide bonds. The minimum atomic E-state index is -0.916. The molecule has 0 aromatic carbocycles. The fourth-order valence-corrected chi connectivity index (χ4v) is 4.39. The summed E-state index contributed by atoms with van der Waals surface area (Å²) in [5, 5.41) is 26.0. The Labute approximate surface area is 212 Å². The van der Waals surface area contributed by atoms with Gasteiger partial charge in [0.25, 0.3) is 5.91 Å². The van der Waals surface area contributed by atoms with Crippen LogP contribution in [0.2, 0.25) is 0 Å². The average molecular weight is 512 g/mol. The van der Waals surface area contributed by atoms with E-state index in [1.165, 1.54) is 23.0 Å². The van der Waals surface area contributed by atoms with Crippen LogP contribution < -0.4 is 27.0 Å². The Morgan fingerprint density at radius 3 is 2.49 bits per heavy atom. The van der Waals surface area contributed by atoms with Gasteiger partial charge in [0.05, 0.1) is 30.4 Å². The van der Waals surface area contributed by atoms with Gasteiger partial charge in [-0.15, -0.1) is 5.10 Å². The van der Waals surface area contributed by atoms with Crippen molar-refractivity contribution >= 4 is 34.7 Å². The summed E-state index contributed by atoms with van der Waals surface area (Å²) >= 11 is 0. The van der Waals surface area contributed by atoms with Crippen LogP contribution in [0.4, 0.5) is 21.6 Å². The molecule has 37 heavy (non-hydrogen) atoms. The Kier molecular flexibility index (Phi) is 7.15. The maximum Gasteiger partial charge on any atom is 0.276 e. The van der Waals surface area contributed by atoms with E-state index >= 15 is 0 Å². The number of aliphatic hydroxyl groups is 1. The van der Waals surface area contributed by atoms with Crippen LogP contribution in [-0.2, 0) is 4.79 Å². The molecule has 13 heteroatoms. The molecule has 3 aromatic rings. The second-order valence-corrected chi connectivity index (χ2v) is 9.54. The number of aromatic nitrogens is 4. The predicted octanol–water partition coefficient (Wildman–Crippen LogP) is 1.25. The Bertz CT molecular complexity index is 1290. The third kappa shape index (κ3) is 5.78. The number of hydrogen-bond acceptors (Lipinski definition) is 9. The lowest BCUT2D eigenvalue weighted by atomic mass is 9.91. The second kappa shape index (κ2) is 10.6. The number of pyridine rings is 1. The first kappa shape index (κ1) is 24.8. The SMILES string of the molecule is N[C@@H](CO)C(=O)NC1CCC(Nc2cc(NC3CC3)c3ncc(C(=O)Nc4ccncc4F)n3n2)CC1. The molecule has 1 atom stereocenters. The van der Waals surface area contributed by atoms with Crippen LogP contribution in [0.25, 0.3) is 5.65 Å². The highest BCUT2D eigenvalue weighted by atomic mass is 19.1. The first-order valence-electron chi connectivity index (χ1n) is 12.4. The lowest BCUT2D eigenvalue weighted by molar-refractivity contribution is -0.124. The van der Waals surface area contributed by atoms with Gasteiger partial charge in [-0.3, -0.25) is 14.6 Å². The van der Waals surface area contributed by atoms with Crippen molar-refractivity contribution in [3.8, 4) is 0 Å². The summed E-state index contributed by atoms with van der Waals surface area (Å²) in [4.78, 5) is 33.1. The van der Waals surface area contributed by atoms with Crippen molar-refractivity contribution in [1.29, 1.82) is 0 Å². The number of fused-ring (bicyclic) bond motifs is 1. The van der Waals surface area contributed by atoms with Gasteiger partial charge in [-0.25, -0.2) is 13.9 Å². The van der Waals surface area contributed by atoms with Gasteiger partial charge in [0.15, 0.2) is 17.2 Å². The Morgan fingerprint density at radius 1 is 1.08 bits per heavy atom. The number of nitrogens with zero attached hydrogens (tertiary/aromatic N) is 4. The van der Waals surface area contributed by atoms with Gasteiger partial charge in [0, 0.05) is 30.4 Å². The predicted molar refractivity (Wildman–Crippen MR) is 135 cm³/mol.